The van der Waals surface area contributed by atoms with Gasteiger partial charge in [0.1, 0.15) is 5.60 Å². The van der Waals surface area contributed by atoms with Gasteiger partial charge in [-0.3, -0.25) is 0 Å². The van der Waals surface area contributed by atoms with Crippen molar-refractivity contribution in [1.82, 2.24) is 0 Å². The van der Waals surface area contributed by atoms with Crippen LogP contribution in [0.2, 0.25) is 0 Å². The number of hydrogen-bond acceptors (Lipinski definition) is 2. The van der Waals surface area contributed by atoms with Gasteiger partial charge in [0.2, 0.25) is 0 Å². The first kappa shape index (κ1) is 12.3. The van der Waals surface area contributed by atoms with Crippen molar-refractivity contribution in [2.45, 2.75) is 32.8 Å². The molecular weight excluding hydrogens is 200 g/mol. The van der Waals surface area contributed by atoms with Gasteiger partial charge in [-0.1, -0.05) is 36.3 Å². The van der Waals surface area contributed by atoms with Crippen LogP contribution in [-0.2, 0) is 16.0 Å². The van der Waals surface area contributed by atoms with Crippen molar-refractivity contribution in [1.29, 1.82) is 0 Å². The highest BCUT2D eigenvalue weighted by Crippen LogP contribution is 2.06. The smallest absolute Gasteiger partial charge is 0.384 e. The summed E-state index contributed by atoms with van der Waals surface area (Å²) in [5.74, 6) is 4.81. The fourth-order valence-electron chi connectivity index (χ4n) is 1.12. The molecule has 1 aromatic rings. The van der Waals surface area contributed by atoms with E-state index in [4.69, 9.17) is 4.74 Å². The summed E-state index contributed by atoms with van der Waals surface area (Å²) < 4.78 is 5.06. The van der Waals surface area contributed by atoms with E-state index in [9.17, 15) is 4.79 Å². The fourth-order valence-corrected chi connectivity index (χ4v) is 1.12. The normalized spacial score (nSPS) is 10.2. The zero-order chi connectivity index (χ0) is 12.0. The average molecular weight is 216 g/mol. The van der Waals surface area contributed by atoms with Crippen molar-refractivity contribution in [3.63, 3.8) is 0 Å². The summed E-state index contributed by atoms with van der Waals surface area (Å²) in [5.41, 5.74) is 0.622. The first-order valence-electron chi connectivity index (χ1n) is 5.23. The molecule has 0 fully saturated rings. The van der Waals surface area contributed by atoms with Gasteiger partial charge in [-0.2, -0.15) is 0 Å². The number of benzene rings is 1. The van der Waals surface area contributed by atoms with Gasteiger partial charge in [0.25, 0.3) is 0 Å². The number of hydrogen-bond donors (Lipinski definition) is 0. The Labute approximate surface area is 96.6 Å². The van der Waals surface area contributed by atoms with E-state index in [1.165, 1.54) is 0 Å². The highest BCUT2D eigenvalue weighted by atomic mass is 16.6. The van der Waals surface area contributed by atoms with Crippen LogP contribution in [0.3, 0.4) is 0 Å². The standard InChI is InChI=1S/C14H16O2/c1-14(2,3)16-13(15)11-7-10-12-8-5-4-6-9-12/h4-6,8-9H,10H2,1-3H3. The zero-order valence-electron chi connectivity index (χ0n) is 9.91. The molecule has 1 aromatic carbocycles. The number of ether oxygens (including phenoxy) is 1. The third-order valence-electron chi connectivity index (χ3n) is 1.72. The number of rotatable bonds is 1. The van der Waals surface area contributed by atoms with Crippen molar-refractivity contribution in [2.24, 2.45) is 0 Å². The predicted octanol–water partition coefficient (Wildman–Crippen LogP) is 2.57. The van der Waals surface area contributed by atoms with Crippen LogP contribution in [0, 0.1) is 11.8 Å². The monoisotopic (exact) mass is 216 g/mol. The molecule has 0 N–H and O–H groups in total. The summed E-state index contributed by atoms with van der Waals surface area (Å²) in [5, 5.41) is 0. The van der Waals surface area contributed by atoms with Gasteiger partial charge in [-0.05, 0) is 26.3 Å². The Morgan fingerprint density at radius 1 is 1.25 bits per heavy atom. The third-order valence-corrected chi connectivity index (χ3v) is 1.72. The highest BCUT2D eigenvalue weighted by Gasteiger charge is 2.13. The molecule has 0 saturated heterocycles. The Morgan fingerprint density at radius 2 is 1.88 bits per heavy atom. The number of carbonyl (C=O) groups excluding carboxylic acids is 1. The van der Waals surface area contributed by atoms with E-state index in [1.807, 2.05) is 51.1 Å². The maximum Gasteiger partial charge on any atom is 0.384 e. The van der Waals surface area contributed by atoms with E-state index < -0.39 is 11.6 Å². The van der Waals surface area contributed by atoms with E-state index in [1.54, 1.807) is 0 Å². The molecule has 2 nitrogen and oxygen atoms in total. The average Bonchev–Trinajstić information content (AvgIpc) is 2.16. The van der Waals surface area contributed by atoms with Crippen LogP contribution >= 0.6 is 0 Å². The molecule has 2 heteroatoms. The molecule has 84 valence electrons. The Morgan fingerprint density at radius 3 is 2.44 bits per heavy atom. The van der Waals surface area contributed by atoms with Crippen LogP contribution in [0.5, 0.6) is 0 Å². The van der Waals surface area contributed by atoms with Crippen LogP contribution in [0.15, 0.2) is 30.3 Å². The second-order valence-corrected chi connectivity index (χ2v) is 4.47. The molecule has 0 unspecified atom stereocenters. The van der Waals surface area contributed by atoms with Crippen LogP contribution < -0.4 is 0 Å². The van der Waals surface area contributed by atoms with Gasteiger partial charge in [0.15, 0.2) is 0 Å². The lowest BCUT2D eigenvalue weighted by atomic mass is 10.1. The largest absolute Gasteiger partial charge is 0.450 e. The van der Waals surface area contributed by atoms with Crippen molar-refractivity contribution in [2.75, 3.05) is 0 Å². The second kappa shape index (κ2) is 5.37. The molecule has 0 amide bonds. The first-order chi connectivity index (χ1) is 7.47. The van der Waals surface area contributed by atoms with Gasteiger partial charge in [0, 0.05) is 12.3 Å². The summed E-state index contributed by atoms with van der Waals surface area (Å²) in [6, 6.07) is 9.80. The SMILES string of the molecule is CC(C)(C)OC(=O)C#CCc1ccccc1. The molecule has 0 aliphatic heterocycles. The maximum atomic E-state index is 11.3. The Kier molecular flexibility index (Phi) is 4.13. The van der Waals surface area contributed by atoms with Crippen molar-refractivity contribution < 1.29 is 9.53 Å². The van der Waals surface area contributed by atoms with Crippen molar-refractivity contribution in [3.8, 4) is 11.8 Å². The third kappa shape index (κ3) is 5.21. The minimum absolute atomic E-state index is 0.469. The zero-order valence-corrected chi connectivity index (χ0v) is 9.91. The molecule has 0 aromatic heterocycles. The topological polar surface area (TPSA) is 26.3 Å². The lowest BCUT2D eigenvalue weighted by Gasteiger charge is -2.16. The molecule has 0 atom stereocenters. The lowest BCUT2D eigenvalue weighted by molar-refractivity contribution is -0.147. The summed E-state index contributed by atoms with van der Waals surface area (Å²) in [6.45, 7) is 5.47. The molecule has 0 aliphatic carbocycles. The van der Waals surface area contributed by atoms with E-state index in [-0.39, 0.29) is 0 Å². The fraction of sp³-hybridized carbons (Fsp3) is 0.357. The van der Waals surface area contributed by atoms with E-state index in [0.717, 1.165) is 5.56 Å². The molecule has 0 heterocycles. The van der Waals surface area contributed by atoms with Gasteiger partial charge >= 0.3 is 5.97 Å². The van der Waals surface area contributed by atoms with Gasteiger partial charge in [0.05, 0.1) is 0 Å². The lowest BCUT2D eigenvalue weighted by Crippen LogP contribution is -2.22. The molecule has 0 saturated carbocycles. The van der Waals surface area contributed by atoms with Crippen LogP contribution in [0.1, 0.15) is 26.3 Å². The Bertz CT molecular complexity index is 402. The molecule has 0 radical (unpaired) electrons. The Balaban J connectivity index is 2.47. The Hall–Kier alpha value is -1.75. The quantitative estimate of drug-likeness (QED) is 0.410. The summed E-state index contributed by atoms with van der Waals surface area (Å²) >= 11 is 0. The number of esters is 1. The minimum atomic E-state index is -0.474. The first-order valence-corrected chi connectivity index (χ1v) is 5.23. The van der Waals surface area contributed by atoms with Crippen LogP contribution in [-0.4, -0.2) is 11.6 Å². The molecule has 1 rings (SSSR count). The van der Waals surface area contributed by atoms with E-state index >= 15 is 0 Å². The maximum absolute atomic E-state index is 11.3. The molecule has 0 aliphatic rings. The van der Waals surface area contributed by atoms with Gasteiger partial charge in [-0.15, -0.1) is 0 Å². The number of carbonyl (C=O) groups is 1. The van der Waals surface area contributed by atoms with Crippen molar-refractivity contribution >= 4 is 5.97 Å². The second-order valence-electron chi connectivity index (χ2n) is 4.47. The minimum Gasteiger partial charge on any atom is -0.450 e. The van der Waals surface area contributed by atoms with Gasteiger partial charge < -0.3 is 4.74 Å². The molecule has 0 bridgehead atoms. The van der Waals surface area contributed by atoms with Gasteiger partial charge in [-0.25, -0.2) is 4.79 Å². The summed E-state index contributed by atoms with van der Waals surface area (Å²) in [6.07, 6.45) is 0.570. The van der Waals surface area contributed by atoms with Crippen LogP contribution in [0.4, 0.5) is 0 Å². The summed E-state index contributed by atoms with van der Waals surface area (Å²) in [4.78, 5) is 11.3. The van der Waals surface area contributed by atoms with Crippen LogP contribution in [0.25, 0.3) is 0 Å². The highest BCUT2D eigenvalue weighted by molar-refractivity contribution is 5.88. The summed E-state index contributed by atoms with van der Waals surface area (Å²) in [7, 11) is 0. The molecule has 0 spiro atoms. The van der Waals surface area contributed by atoms with Crippen molar-refractivity contribution in [3.05, 3.63) is 35.9 Å². The molecule has 16 heavy (non-hydrogen) atoms. The molecular formula is C14H16O2. The van der Waals surface area contributed by atoms with E-state index in [0.29, 0.717) is 6.42 Å². The predicted molar refractivity (Wildman–Crippen MR) is 63.8 cm³/mol. The van der Waals surface area contributed by atoms with E-state index in [2.05, 4.69) is 11.8 Å².